The van der Waals surface area contributed by atoms with E-state index in [2.05, 4.69) is 64.0 Å². The van der Waals surface area contributed by atoms with Crippen molar-refractivity contribution in [2.24, 2.45) is 5.92 Å². The monoisotopic (exact) mass is 440 g/mol. The highest BCUT2D eigenvalue weighted by Gasteiger charge is 2.27. The Bertz CT molecular complexity index is 1310. The van der Waals surface area contributed by atoms with Gasteiger partial charge in [0.2, 0.25) is 5.82 Å². The van der Waals surface area contributed by atoms with Crippen molar-refractivity contribution in [3.8, 4) is 11.3 Å². The van der Waals surface area contributed by atoms with Crippen LogP contribution in [-0.2, 0) is 6.54 Å². The summed E-state index contributed by atoms with van der Waals surface area (Å²) in [6, 6.07) is 20.8. The number of carboxylic acid groups (broad SMARTS) is 1. The molecule has 2 heterocycles. The molecular weight excluding hydrogens is 412 g/mol. The number of aryl methyl sites for hydroxylation is 1. The lowest BCUT2D eigenvalue weighted by Gasteiger charge is -2.32. The number of nitrogens with one attached hydrogen (secondary N) is 1. The summed E-state index contributed by atoms with van der Waals surface area (Å²) in [5.74, 6) is -0.133. The number of nitrogens with zero attached hydrogens (tertiary/aromatic N) is 3. The van der Waals surface area contributed by atoms with Gasteiger partial charge in [-0.2, -0.15) is 0 Å². The summed E-state index contributed by atoms with van der Waals surface area (Å²) in [5.41, 5.74) is 5.86. The maximum absolute atomic E-state index is 11.8. The minimum absolute atomic E-state index is 0.182. The van der Waals surface area contributed by atoms with Gasteiger partial charge in [-0.15, -0.1) is 0 Å². The van der Waals surface area contributed by atoms with E-state index in [1.165, 1.54) is 24.8 Å². The van der Waals surface area contributed by atoms with E-state index in [0.29, 0.717) is 23.8 Å². The molecule has 33 heavy (non-hydrogen) atoms. The number of hydrogen-bond acceptors (Lipinski definition) is 4. The summed E-state index contributed by atoms with van der Waals surface area (Å²) in [6.07, 6.45) is 3.62. The molecule has 1 fully saturated rings. The van der Waals surface area contributed by atoms with Crippen LogP contribution in [0.4, 0.5) is 5.82 Å². The molecule has 6 nitrogen and oxygen atoms in total. The van der Waals surface area contributed by atoms with Crippen LogP contribution in [0.1, 0.15) is 47.9 Å². The van der Waals surface area contributed by atoms with Crippen LogP contribution in [0.15, 0.2) is 60.7 Å². The molecular formula is C27H28N4O2. The van der Waals surface area contributed by atoms with E-state index in [1.807, 2.05) is 30.3 Å². The molecule has 5 rings (SSSR count). The number of aromatic carboxylic acids is 1. The molecule has 2 aromatic heterocycles. The van der Waals surface area contributed by atoms with Crippen LogP contribution in [0, 0.1) is 12.8 Å². The molecule has 0 amide bonds. The molecule has 0 bridgehead atoms. The van der Waals surface area contributed by atoms with Gasteiger partial charge in [-0.3, -0.25) is 0 Å². The average molecular weight is 441 g/mol. The van der Waals surface area contributed by atoms with E-state index in [0.717, 1.165) is 22.3 Å². The molecule has 2 aromatic carbocycles. The molecule has 4 aromatic rings. The molecule has 1 aliphatic carbocycles. The first-order chi connectivity index (χ1) is 16.0. The number of fused-ring (bicyclic) bond motifs is 1. The topological polar surface area (TPSA) is 80.0 Å². The van der Waals surface area contributed by atoms with Gasteiger partial charge >= 0.3 is 5.97 Å². The maximum Gasteiger partial charge on any atom is 0.374 e. The lowest BCUT2D eigenvalue weighted by molar-refractivity contribution is 0.0684. The van der Waals surface area contributed by atoms with Gasteiger partial charge in [-0.1, -0.05) is 60.5 Å². The van der Waals surface area contributed by atoms with Crippen LogP contribution in [0.5, 0.6) is 0 Å². The normalized spacial score (nSPS) is 14.7. The second kappa shape index (κ2) is 8.70. The number of benzene rings is 2. The van der Waals surface area contributed by atoms with Crippen molar-refractivity contribution in [2.45, 2.75) is 45.7 Å². The zero-order chi connectivity index (χ0) is 22.9. The van der Waals surface area contributed by atoms with Crippen LogP contribution in [0.3, 0.4) is 0 Å². The van der Waals surface area contributed by atoms with Gasteiger partial charge in [0.15, 0.2) is 5.82 Å². The second-order valence-electron chi connectivity index (χ2n) is 9.03. The average Bonchev–Trinajstić information content (AvgIpc) is 3.11. The van der Waals surface area contributed by atoms with Gasteiger partial charge in [-0.25, -0.2) is 14.8 Å². The molecule has 0 radical (unpaired) electrons. The Labute approximate surface area is 193 Å². The van der Waals surface area contributed by atoms with Crippen LogP contribution in [0.25, 0.3) is 22.3 Å². The Morgan fingerprint density at radius 3 is 2.58 bits per heavy atom. The standard InChI is InChI=1S/C27H28N4O2/c1-17-8-6-13-21(14-17)23-15-22-24(31(23)16-19-9-4-3-5-10-19)25(30-26(29-22)27(32)33)28-18(2)20-11-7-12-20/h3-6,8-10,13-15,18,20H,7,11-12,16H2,1-2H3,(H,32,33)(H,28,29,30)/t18-/m1/s1. The van der Waals surface area contributed by atoms with E-state index in [4.69, 9.17) is 0 Å². The Balaban J connectivity index is 1.72. The highest BCUT2D eigenvalue weighted by molar-refractivity contribution is 5.95. The zero-order valence-electron chi connectivity index (χ0n) is 19.0. The highest BCUT2D eigenvalue weighted by atomic mass is 16.4. The van der Waals surface area contributed by atoms with Crippen molar-refractivity contribution in [3.63, 3.8) is 0 Å². The quantitative estimate of drug-likeness (QED) is 0.382. The van der Waals surface area contributed by atoms with E-state index in [-0.39, 0.29) is 11.9 Å². The molecule has 0 aliphatic heterocycles. The van der Waals surface area contributed by atoms with Crippen molar-refractivity contribution in [2.75, 3.05) is 5.32 Å². The Kier molecular flexibility index (Phi) is 5.58. The lowest BCUT2D eigenvalue weighted by atomic mass is 9.80. The number of carbonyl (C=O) groups is 1. The summed E-state index contributed by atoms with van der Waals surface area (Å²) >= 11 is 0. The SMILES string of the molecule is Cc1cccc(-c2cc3nc(C(=O)O)nc(N[C@H](C)C4CCC4)c3n2Cc2ccccc2)c1. The Morgan fingerprint density at radius 2 is 1.91 bits per heavy atom. The van der Waals surface area contributed by atoms with Crippen molar-refractivity contribution in [1.82, 2.24) is 14.5 Å². The van der Waals surface area contributed by atoms with E-state index in [1.54, 1.807) is 0 Å². The molecule has 2 N–H and O–H groups in total. The fourth-order valence-electron chi connectivity index (χ4n) is 4.61. The summed E-state index contributed by atoms with van der Waals surface area (Å²) in [7, 11) is 0. The fourth-order valence-corrected chi connectivity index (χ4v) is 4.61. The summed E-state index contributed by atoms with van der Waals surface area (Å²) < 4.78 is 2.21. The second-order valence-corrected chi connectivity index (χ2v) is 9.03. The summed E-state index contributed by atoms with van der Waals surface area (Å²) in [6.45, 7) is 4.86. The van der Waals surface area contributed by atoms with Gasteiger partial charge in [0, 0.05) is 12.6 Å². The molecule has 168 valence electrons. The molecule has 0 saturated heterocycles. The van der Waals surface area contributed by atoms with Gasteiger partial charge in [0.25, 0.3) is 0 Å². The number of anilines is 1. The molecule has 1 atom stereocenters. The van der Waals surface area contributed by atoms with Gasteiger partial charge < -0.3 is 15.0 Å². The number of carboxylic acids is 1. The van der Waals surface area contributed by atoms with Gasteiger partial charge in [0.05, 0.1) is 11.2 Å². The summed E-state index contributed by atoms with van der Waals surface area (Å²) in [4.78, 5) is 20.7. The first-order valence-corrected chi connectivity index (χ1v) is 11.5. The van der Waals surface area contributed by atoms with Crippen molar-refractivity contribution in [3.05, 3.63) is 77.6 Å². The number of aromatic nitrogens is 3. The van der Waals surface area contributed by atoms with E-state index < -0.39 is 5.97 Å². The Morgan fingerprint density at radius 1 is 1.12 bits per heavy atom. The van der Waals surface area contributed by atoms with Crippen molar-refractivity contribution < 1.29 is 9.90 Å². The van der Waals surface area contributed by atoms with Crippen LogP contribution in [-0.4, -0.2) is 31.7 Å². The molecule has 0 spiro atoms. The van der Waals surface area contributed by atoms with E-state index >= 15 is 0 Å². The summed E-state index contributed by atoms with van der Waals surface area (Å²) in [5, 5.41) is 13.2. The smallest absolute Gasteiger partial charge is 0.374 e. The van der Waals surface area contributed by atoms with Gasteiger partial charge in [0.1, 0.15) is 5.52 Å². The third-order valence-electron chi connectivity index (χ3n) is 6.66. The van der Waals surface area contributed by atoms with Gasteiger partial charge in [-0.05, 0) is 55.9 Å². The molecule has 1 saturated carbocycles. The zero-order valence-corrected chi connectivity index (χ0v) is 19.0. The van der Waals surface area contributed by atoms with Crippen LogP contribution >= 0.6 is 0 Å². The molecule has 1 aliphatic rings. The third kappa shape index (κ3) is 4.21. The van der Waals surface area contributed by atoms with Crippen LogP contribution in [0.2, 0.25) is 0 Å². The first-order valence-electron chi connectivity index (χ1n) is 11.5. The van der Waals surface area contributed by atoms with Crippen molar-refractivity contribution >= 4 is 22.8 Å². The van der Waals surface area contributed by atoms with E-state index in [9.17, 15) is 9.90 Å². The third-order valence-corrected chi connectivity index (χ3v) is 6.66. The molecule has 6 heteroatoms. The highest BCUT2D eigenvalue weighted by Crippen LogP contribution is 2.35. The van der Waals surface area contributed by atoms with Crippen LogP contribution < -0.4 is 5.32 Å². The minimum atomic E-state index is -1.12. The fraction of sp³-hybridized carbons (Fsp3) is 0.296. The number of hydrogen-bond donors (Lipinski definition) is 2. The predicted molar refractivity (Wildman–Crippen MR) is 131 cm³/mol. The first kappa shape index (κ1) is 21.2. The van der Waals surface area contributed by atoms with Crippen molar-refractivity contribution in [1.29, 1.82) is 0 Å². The number of rotatable bonds is 7. The maximum atomic E-state index is 11.8. The minimum Gasteiger partial charge on any atom is -0.475 e. The largest absolute Gasteiger partial charge is 0.475 e. The predicted octanol–water partition coefficient (Wildman–Crippen LogP) is 5.75. The lowest BCUT2D eigenvalue weighted by Crippen LogP contribution is -2.31. The molecule has 0 unspecified atom stereocenters. The Hall–Kier alpha value is -3.67.